The smallest absolute Gasteiger partial charge is 0.254 e. The third-order valence-corrected chi connectivity index (χ3v) is 3.43. The molecule has 20 heavy (non-hydrogen) atoms. The van der Waals surface area contributed by atoms with Crippen molar-refractivity contribution in [1.29, 1.82) is 0 Å². The van der Waals surface area contributed by atoms with Gasteiger partial charge >= 0.3 is 0 Å². The molecule has 104 valence electrons. The number of hydrogen-bond donors (Lipinski definition) is 1. The van der Waals surface area contributed by atoms with E-state index in [0.717, 1.165) is 11.1 Å². The van der Waals surface area contributed by atoms with Gasteiger partial charge in [0.1, 0.15) is 5.82 Å². The van der Waals surface area contributed by atoms with Crippen LogP contribution in [0.2, 0.25) is 5.02 Å². The molecule has 0 spiro atoms. The van der Waals surface area contributed by atoms with Gasteiger partial charge in [-0.25, -0.2) is 4.39 Å². The summed E-state index contributed by atoms with van der Waals surface area (Å²) in [7, 11) is 0. The second-order valence-electron chi connectivity index (χ2n) is 4.70. The molecule has 0 saturated heterocycles. The summed E-state index contributed by atoms with van der Waals surface area (Å²) in [6.07, 6.45) is 0. The van der Waals surface area contributed by atoms with Crippen molar-refractivity contribution in [3.05, 3.63) is 70.0 Å². The van der Waals surface area contributed by atoms with Gasteiger partial charge < -0.3 is 5.32 Å². The van der Waals surface area contributed by atoms with Gasteiger partial charge in [0.15, 0.2) is 0 Å². The number of aryl methyl sites for hydroxylation is 1. The largest absolute Gasteiger partial charge is 0.345 e. The summed E-state index contributed by atoms with van der Waals surface area (Å²) in [6.45, 7) is 3.59. The molecular weight excluding hydrogens is 277 g/mol. The van der Waals surface area contributed by atoms with Gasteiger partial charge in [-0.15, -0.1) is 0 Å². The van der Waals surface area contributed by atoms with E-state index in [1.54, 1.807) is 19.1 Å². The normalized spacial score (nSPS) is 12.0. The Bertz CT molecular complexity index is 642. The lowest BCUT2D eigenvalue weighted by Crippen LogP contribution is -2.27. The van der Waals surface area contributed by atoms with Crippen LogP contribution in [-0.2, 0) is 0 Å². The van der Waals surface area contributed by atoms with E-state index >= 15 is 0 Å². The van der Waals surface area contributed by atoms with Crippen molar-refractivity contribution < 1.29 is 9.18 Å². The minimum atomic E-state index is -0.520. The summed E-state index contributed by atoms with van der Waals surface area (Å²) in [6, 6.07) is 11.5. The van der Waals surface area contributed by atoms with Crippen LogP contribution >= 0.6 is 11.6 Å². The van der Waals surface area contributed by atoms with Gasteiger partial charge in [0.25, 0.3) is 5.91 Å². The molecule has 2 nitrogen and oxygen atoms in total. The summed E-state index contributed by atoms with van der Waals surface area (Å²) in [5, 5.41) is 3.32. The molecule has 0 aliphatic carbocycles. The van der Waals surface area contributed by atoms with Crippen LogP contribution < -0.4 is 5.32 Å². The summed E-state index contributed by atoms with van der Waals surface area (Å²) in [5.74, 6) is -0.969. The first-order valence-electron chi connectivity index (χ1n) is 6.30. The maximum Gasteiger partial charge on any atom is 0.254 e. The van der Waals surface area contributed by atoms with Gasteiger partial charge in [-0.1, -0.05) is 35.9 Å². The third kappa shape index (κ3) is 3.17. The predicted molar refractivity (Wildman–Crippen MR) is 78.5 cm³/mol. The lowest BCUT2D eigenvalue weighted by molar-refractivity contribution is 0.0936. The first kappa shape index (κ1) is 14.5. The molecule has 0 fully saturated rings. The molecule has 0 aliphatic rings. The first-order chi connectivity index (χ1) is 9.49. The maximum atomic E-state index is 13.7. The molecule has 2 aromatic carbocycles. The van der Waals surface area contributed by atoms with Crippen molar-refractivity contribution in [1.82, 2.24) is 5.32 Å². The van der Waals surface area contributed by atoms with Crippen molar-refractivity contribution in [2.45, 2.75) is 19.9 Å². The molecule has 0 radical (unpaired) electrons. The molecule has 1 N–H and O–H groups in total. The zero-order chi connectivity index (χ0) is 14.7. The number of benzene rings is 2. The van der Waals surface area contributed by atoms with Gasteiger partial charge in [0, 0.05) is 5.02 Å². The van der Waals surface area contributed by atoms with Crippen LogP contribution in [0.5, 0.6) is 0 Å². The molecule has 0 bridgehead atoms. The Morgan fingerprint density at radius 1 is 1.25 bits per heavy atom. The number of hydrogen-bond acceptors (Lipinski definition) is 1. The number of amides is 1. The molecule has 1 atom stereocenters. The van der Waals surface area contributed by atoms with E-state index in [9.17, 15) is 9.18 Å². The molecule has 0 aliphatic heterocycles. The van der Waals surface area contributed by atoms with Gasteiger partial charge in [-0.2, -0.15) is 0 Å². The quantitative estimate of drug-likeness (QED) is 0.898. The number of nitrogens with one attached hydrogen (secondary N) is 1. The molecule has 0 heterocycles. The molecule has 0 aromatic heterocycles. The molecule has 1 amide bonds. The highest BCUT2D eigenvalue weighted by Gasteiger charge is 2.16. The Hall–Kier alpha value is -1.87. The van der Waals surface area contributed by atoms with Crippen LogP contribution in [0.15, 0.2) is 42.5 Å². The molecule has 2 rings (SSSR count). The molecule has 2 aromatic rings. The van der Waals surface area contributed by atoms with E-state index in [4.69, 9.17) is 11.6 Å². The minimum absolute atomic E-state index is 0.0366. The van der Waals surface area contributed by atoms with Crippen LogP contribution in [0.4, 0.5) is 4.39 Å². The highest BCUT2D eigenvalue weighted by Crippen LogP contribution is 2.22. The molecule has 4 heteroatoms. The van der Waals surface area contributed by atoms with Crippen LogP contribution in [0.3, 0.4) is 0 Å². The van der Waals surface area contributed by atoms with E-state index in [2.05, 4.69) is 5.32 Å². The highest BCUT2D eigenvalue weighted by molar-refractivity contribution is 6.31. The average molecular weight is 292 g/mol. The van der Waals surface area contributed by atoms with Crippen molar-refractivity contribution in [3.63, 3.8) is 0 Å². The van der Waals surface area contributed by atoms with E-state index in [0.29, 0.717) is 5.02 Å². The lowest BCUT2D eigenvalue weighted by Gasteiger charge is -2.16. The lowest BCUT2D eigenvalue weighted by atomic mass is 10.1. The monoisotopic (exact) mass is 291 g/mol. The van der Waals surface area contributed by atoms with E-state index < -0.39 is 11.7 Å². The van der Waals surface area contributed by atoms with Crippen molar-refractivity contribution in [3.8, 4) is 0 Å². The summed E-state index contributed by atoms with van der Waals surface area (Å²) in [4.78, 5) is 12.1. The second-order valence-corrected chi connectivity index (χ2v) is 5.11. The topological polar surface area (TPSA) is 29.1 Å². The van der Waals surface area contributed by atoms with E-state index in [1.165, 1.54) is 12.1 Å². The Kier molecular flexibility index (Phi) is 4.40. The second kappa shape index (κ2) is 6.06. The molecular formula is C16H15ClFNO. The number of carbonyl (C=O) groups excluding carboxylic acids is 1. The van der Waals surface area contributed by atoms with Gasteiger partial charge in [-0.05, 0) is 43.2 Å². The standard InChI is InChI=1S/C16H15ClFNO/c1-10-7-8-13(15(18)9-10)16(20)19-11(2)12-5-3-4-6-14(12)17/h3-9,11H,1-2H3,(H,19,20). The van der Waals surface area contributed by atoms with Crippen molar-refractivity contribution in [2.24, 2.45) is 0 Å². The van der Waals surface area contributed by atoms with Gasteiger partial charge in [0.2, 0.25) is 0 Å². The summed E-state index contributed by atoms with van der Waals surface area (Å²) >= 11 is 6.08. The summed E-state index contributed by atoms with van der Waals surface area (Å²) in [5.41, 5.74) is 1.61. The number of carbonyl (C=O) groups is 1. The molecule has 1 unspecified atom stereocenters. The van der Waals surface area contributed by atoms with E-state index in [1.807, 2.05) is 25.1 Å². The predicted octanol–water partition coefficient (Wildman–Crippen LogP) is 4.28. The SMILES string of the molecule is Cc1ccc(C(=O)NC(C)c2ccccc2Cl)c(F)c1. The average Bonchev–Trinajstić information content (AvgIpc) is 2.38. The number of rotatable bonds is 3. The van der Waals surface area contributed by atoms with Crippen LogP contribution in [0.25, 0.3) is 0 Å². The van der Waals surface area contributed by atoms with E-state index in [-0.39, 0.29) is 11.6 Å². The Labute approximate surface area is 122 Å². The third-order valence-electron chi connectivity index (χ3n) is 3.09. The zero-order valence-corrected chi connectivity index (χ0v) is 12.0. The van der Waals surface area contributed by atoms with Gasteiger partial charge in [-0.3, -0.25) is 4.79 Å². The Morgan fingerprint density at radius 3 is 2.60 bits per heavy atom. The van der Waals surface area contributed by atoms with Crippen molar-refractivity contribution in [2.75, 3.05) is 0 Å². The van der Waals surface area contributed by atoms with Crippen LogP contribution in [0, 0.1) is 12.7 Å². The number of halogens is 2. The fraction of sp³-hybridized carbons (Fsp3) is 0.188. The summed E-state index contributed by atoms with van der Waals surface area (Å²) < 4.78 is 13.7. The maximum absolute atomic E-state index is 13.7. The van der Waals surface area contributed by atoms with Gasteiger partial charge in [0.05, 0.1) is 11.6 Å². The Morgan fingerprint density at radius 2 is 1.95 bits per heavy atom. The van der Waals surface area contributed by atoms with Crippen LogP contribution in [-0.4, -0.2) is 5.91 Å². The zero-order valence-electron chi connectivity index (χ0n) is 11.3. The minimum Gasteiger partial charge on any atom is -0.345 e. The highest BCUT2D eigenvalue weighted by atomic mass is 35.5. The fourth-order valence-corrected chi connectivity index (χ4v) is 2.28. The molecule has 0 saturated carbocycles. The van der Waals surface area contributed by atoms with Crippen molar-refractivity contribution >= 4 is 17.5 Å². The Balaban J connectivity index is 2.17. The van der Waals surface area contributed by atoms with Crippen LogP contribution in [0.1, 0.15) is 34.5 Å². The fourth-order valence-electron chi connectivity index (χ4n) is 1.98. The first-order valence-corrected chi connectivity index (χ1v) is 6.68.